The number of ether oxygens (including phenoxy) is 2. The van der Waals surface area contributed by atoms with E-state index in [2.05, 4.69) is 12.2 Å². The first-order valence-corrected chi connectivity index (χ1v) is 9.98. The van der Waals surface area contributed by atoms with Crippen LogP contribution in [-0.4, -0.2) is 32.6 Å². The minimum Gasteiger partial charge on any atom is -0.497 e. The van der Waals surface area contributed by atoms with Crippen molar-refractivity contribution in [2.24, 2.45) is 5.92 Å². The number of methoxy groups -OCH3 is 2. The molecule has 0 unspecified atom stereocenters. The zero-order valence-corrected chi connectivity index (χ0v) is 17.2. The van der Waals surface area contributed by atoms with Gasteiger partial charge in [-0.3, -0.25) is 9.59 Å². The highest BCUT2D eigenvalue weighted by molar-refractivity contribution is 6.04. The van der Waals surface area contributed by atoms with E-state index in [0.29, 0.717) is 23.7 Å². The summed E-state index contributed by atoms with van der Waals surface area (Å²) in [5, 5.41) is 2.94. The van der Waals surface area contributed by atoms with Crippen molar-refractivity contribution in [2.45, 2.75) is 32.6 Å². The Balaban J connectivity index is 1.66. The summed E-state index contributed by atoms with van der Waals surface area (Å²) in [4.78, 5) is 26.9. The van der Waals surface area contributed by atoms with E-state index in [1.54, 1.807) is 37.3 Å². The smallest absolute Gasteiger partial charge is 0.229 e. The monoisotopic (exact) mass is 396 g/mol. The molecule has 0 saturated carbocycles. The van der Waals surface area contributed by atoms with Gasteiger partial charge in [0.1, 0.15) is 11.5 Å². The van der Waals surface area contributed by atoms with Crippen LogP contribution in [0.4, 0.5) is 11.4 Å². The second kappa shape index (κ2) is 9.45. The molecule has 6 nitrogen and oxygen atoms in total. The highest BCUT2D eigenvalue weighted by Crippen LogP contribution is 2.36. The molecule has 1 aliphatic heterocycles. The molecule has 29 heavy (non-hydrogen) atoms. The second-order valence-electron chi connectivity index (χ2n) is 7.23. The number of nitrogens with zero attached hydrogens (tertiary/aromatic N) is 1. The molecule has 1 aliphatic rings. The second-order valence-corrected chi connectivity index (χ2v) is 7.23. The lowest BCUT2D eigenvalue weighted by Crippen LogP contribution is -2.28. The van der Waals surface area contributed by atoms with E-state index in [1.807, 2.05) is 24.3 Å². The standard InChI is InChI=1S/C23H28N2O4/c1-4-5-6-16-7-9-18(10-8-16)24-23(27)17-13-22(26)25(15-17)20-12-11-19(28-2)14-21(20)29-3/h7-12,14,17H,4-6,13,15H2,1-3H3,(H,24,27)/t17-/m0/s1. The lowest BCUT2D eigenvalue weighted by Gasteiger charge is -2.20. The van der Waals surface area contributed by atoms with Crippen LogP contribution in [0.3, 0.4) is 0 Å². The summed E-state index contributed by atoms with van der Waals surface area (Å²) < 4.78 is 10.6. The third-order valence-electron chi connectivity index (χ3n) is 5.21. The van der Waals surface area contributed by atoms with Crippen molar-refractivity contribution < 1.29 is 19.1 Å². The van der Waals surface area contributed by atoms with Crippen molar-refractivity contribution in [2.75, 3.05) is 31.0 Å². The molecule has 2 amide bonds. The van der Waals surface area contributed by atoms with Gasteiger partial charge in [-0.1, -0.05) is 25.5 Å². The van der Waals surface area contributed by atoms with Gasteiger partial charge in [-0.2, -0.15) is 0 Å². The van der Waals surface area contributed by atoms with Gasteiger partial charge < -0.3 is 19.7 Å². The predicted molar refractivity (Wildman–Crippen MR) is 114 cm³/mol. The molecule has 154 valence electrons. The van der Waals surface area contributed by atoms with Gasteiger partial charge in [-0.25, -0.2) is 0 Å². The van der Waals surface area contributed by atoms with Crippen LogP contribution in [0.1, 0.15) is 31.7 Å². The lowest BCUT2D eigenvalue weighted by atomic mass is 10.1. The lowest BCUT2D eigenvalue weighted by molar-refractivity contribution is -0.122. The largest absolute Gasteiger partial charge is 0.497 e. The van der Waals surface area contributed by atoms with E-state index in [4.69, 9.17) is 9.47 Å². The van der Waals surface area contributed by atoms with Gasteiger partial charge in [-0.05, 0) is 42.7 Å². The molecule has 1 fully saturated rings. The number of amides is 2. The number of hydrogen-bond donors (Lipinski definition) is 1. The molecule has 0 radical (unpaired) electrons. The number of hydrogen-bond acceptors (Lipinski definition) is 4. The van der Waals surface area contributed by atoms with Gasteiger partial charge in [0.25, 0.3) is 0 Å². The number of carbonyl (C=O) groups excluding carboxylic acids is 2. The van der Waals surface area contributed by atoms with Crippen LogP contribution in [-0.2, 0) is 16.0 Å². The highest BCUT2D eigenvalue weighted by Gasteiger charge is 2.36. The van der Waals surface area contributed by atoms with E-state index in [0.717, 1.165) is 24.9 Å². The SMILES string of the molecule is CCCCc1ccc(NC(=O)[C@H]2CC(=O)N(c3ccc(OC)cc3OC)C2)cc1. The Morgan fingerprint density at radius 2 is 1.90 bits per heavy atom. The van der Waals surface area contributed by atoms with Gasteiger partial charge in [0.2, 0.25) is 11.8 Å². The average molecular weight is 396 g/mol. The Kier molecular flexibility index (Phi) is 6.75. The average Bonchev–Trinajstić information content (AvgIpc) is 3.14. The third-order valence-corrected chi connectivity index (χ3v) is 5.21. The molecule has 6 heteroatoms. The summed E-state index contributed by atoms with van der Waals surface area (Å²) in [6.07, 6.45) is 3.53. The fourth-order valence-electron chi connectivity index (χ4n) is 3.50. The first-order valence-electron chi connectivity index (χ1n) is 9.98. The fraction of sp³-hybridized carbons (Fsp3) is 0.391. The van der Waals surface area contributed by atoms with Crippen molar-refractivity contribution in [3.63, 3.8) is 0 Å². The van der Waals surface area contributed by atoms with Crippen molar-refractivity contribution in [3.05, 3.63) is 48.0 Å². The number of benzene rings is 2. The van der Waals surface area contributed by atoms with Crippen LogP contribution in [0.15, 0.2) is 42.5 Å². The van der Waals surface area contributed by atoms with Crippen LogP contribution in [0, 0.1) is 5.92 Å². The number of nitrogens with one attached hydrogen (secondary N) is 1. The summed E-state index contributed by atoms with van der Waals surface area (Å²) in [6, 6.07) is 13.2. The molecular formula is C23H28N2O4. The molecular weight excluding hydrogens is 368 g/mol. The van der Waals surface area contributed by atoms with Gasteiger partial charge in [0.05, 0.1) is 25.8 Å². The minimum atomic E-state index is -0.408. The quantitative estimate of drug-likeness (QED) is 0.731. The van der Waals surface area contributed by atoms with Crippen molar-refractivity contribution >= 4 is 23.2 Å². The minimum absolute atomic E-state index is 0.0940. The Morgan fingerprint density at radius 3 is 2.55 bits per heavy atom. The van der Waals surface area contributed by atoms with E-state index in [9.17, 15) is 9.59 Å². The third kappa shape index (κ3) is 4.88. The van der Waals surface area contributed by atoms with Gasteiger partial charge in [0, 0.05) is 24.7 Å². The molecule has 0 aromatic heterocycles. The van der Waals surface area contributed by atoms with E-state index < -0.39 is 5.92 Å². The summed E-state index contributed by atoms with van der Waals surface area (Å²) in [7, 11) is 3.12. The molecule has 1 N–H and O–H groups in total. The van der Waals surface area contributed by atoms with Crippen LogP contribution in [0.5, 0.6) is 11.5 Å². The van der Waals surface area contributed by atoms with E-state index in [-0.39, 0.29) is 18.2 Å². The fourth-order valence-corrected chi connectivity index (χ4v) is 3.50. The van der Waals surface area contributed by atoms with Gasteiger partial charge in [0.15, 0.2) is 0 Å². The van der Waals surface area contributed by atoms with Crippen molar-refractivity contribution in [1.82, 2.24) is 0 Å². The van der Waals surface area contributed by atoms with Crippen LogP contribution in [0.2, 0.25) is 0 Å². The number of unbranched alkanes of at least 4 members (excludes halogenated alkanes) is 1. The topological polar surface area (TPSA) is 67.9 Å². The molecule has 0 bridgehead atoms. The van der Waals surface area contributed by atoms with Crippen LogP contribution < -0.4 is 19.7 Å². The summed E-state index contributed by atoms with van der Waals surface area (Å²) >= 11 is 0. The molecule has 0 aliphatic carbocycles. The van der Waals surface area contributed by atoms with Gasteiger partial charge in [-0.15, -0.1) is 0 Å². The maximum atomic E-state index is 12.7. The molecule has 1 heterocycles. The Hall–Kier alpha value is -3.02. The number of aryl methyl sites for hydroxylation is 1. The maximum absolute atomic E-state index is 12.7. The summed E-state index contributed by atoms with van der Waals surface area (Å²) in [5.41, 5.74) is 2.66. The molecule has 1 saturated heterocycles. The van der Waals surface area contributed by atoms with E-state index in [1.165, 1.54) is 5.56 Å². The zero-order chi connectivity index (χ0) is 20.8. The van der Waals surface area contributed by atoms with E-state index >= 15 is 0 Å². The van der Waals surface area contributed by atoms with Crippen LogP contribution >= 0.6 is 0 Å². The molecule has 2 aromatic carbocycles. The first kappa shape index (κ1) is 20.7. The summed E-state index contributed by atoms with van der Waals surface area (Å²) in [6.45, 7) is 2.49. The molecule has 0 spiro atoms. The van der Waals surface area contributed by atoms with Crippen molar-refractivity contribution in [3.8, 4) is 11.5 Å². The van der Waals surface area contributed by atoms with Gasteiger partial charge >= 0.3 is 0 Å². The highest BCUT2D eigenvalue weighted by atomic mass is 16.5. The Morgan fingerprint density at radius 1 is 1.14 bits per heavy atom. The first-order chi connectivity index (χ1) is 14.0. The Bertz CT molecular complexity index is 864. The number of carbonyl (C=O) groups is 2. The molecule has 2 aromatic rings. The predicted octanol–water partition coefficient (Wildman–Crippen LogP) is 4.04. The summed E-state index contributed by atoms with van der Waals surface area (Å²) in [5.74, 6) is 0.544. The number of rotatable bonds is 8. The Labute approximate surface area is 171 Å². The van der Waals surface area contributed by atoms with Crippen molar-refractivity contribution in [1.29, 1.82) is 0 Å². The van der Waals surface area contributed by atoms with Crippen LogP contribution in [0.25, 0.3) is 0 Å². The number of anilines is 2. The maximum Gasteiger partial charge on any atom is 0.229 e. The normalized spacial score (nSPS) is 16.0. The molecule has 1 atom stereocenters. The zero-order valence-electron chi connectivity index (χ0n) is 17.2. The molecule has 3 rings (SSSR count).